The molecule has 5 unspecified atom stereocenters. The van der Waals surface area contributed by atoms with Crippen molar-refractivity contribution in [2.24, 2.45) is 29.1 Å². The van der Waals surface area contributed by atoms with Crippen LogP contribution in [0.15, 0.2) is 23.3 Å². The van der Waals surface area contributed by atoms with E-state index in [-0.39, 0.29) is 41.0 Å². The van der Waals surface area contributed by atoms with Gasteiger partial charge in [-0.25, -0.2) is 9.59 Å². The summed E-state index contributed by atoms with van der Waals surface area (Å²) in [5.41, 5.74) is 1.14. The van der Waals surface area contributed by atoms with Crippen LogP contribution in [-0.2, 0) is 28.7 Å². The number of hydrogen-bond acceptors (Lipinski definition) is 6. The summed E-state index contributed by atoms with van der Waals surface area (Å²) in [4.78, 5) is 44.9. The maximum Gasteiger partial charge on any atom is 0.342 e. The Morgan fingerprint density at radius 3 is 2.52 bits per heavy atom. The second-order valence-electron chi connectivity index (χ2n) is 7.84. The molecule has 0 spiro atoms. The molecule has 6 nitrogen and oxygen atoms in total. The van der Waals surface area contributed by atoms with Crippen molar-refractivity contribution >= 4 is 23.9 Å². The number of fused-ring (bicyclic) bond motifs is 5. The highest BCUT2D eigenvalue weighted by atomic mass is 16.6. The third-order valence-electron chi connectivity index (χ3n) is 6.19. The summed E-state index contributed by atoms with van der Waals surface area (Å²) >= 11 is 0. The van der Waals surface area contributed by atoms with E-state index in [1.807, 2.05) is 13.8 Å². The predicted molar refractivity (Wildman–Crippen MR) is 84.6 cm³/mol. The summed E-state index contributed by atoms with van der Waals surface area (Å²) in [5, 5.41) is 0. The van der Waals surface area contributed by atoms with Gasteiger partial charge in [0, 0.05) is 11.0 Å². The first kappa shape index (κ1) is 16.2. The average molecular weight is 344 g/mol. The molecule has 0 amide bonds. The fraction of sp³-hybridized carbons (Fsp3) is 0.579. The van der Waals surface area contributed by atoms with E-state index in [2.05, 4.69) is 21.6 Å². The smallest absolute Gasteiger partial charge is 0.342 e. The fourth-order valence-corrected chi connectivity index (χ4v) is 4.98. The summed E-state index contributed by atoms with van der Waals surface area (Å²) in [7, 11) is 0. The van der Waals surface area contributed by atoms with E-state index in [1.54, 1.807) is 0 Å². The molecule has 0 aromatic heterocycles. The molecule has 1 saturated heterocycles. The van der Waals surface area contributed by atoms with Crippen LogP contribution < -0.4 is 0 Å². The first-order chi connectivity index (χ1) is 11.8. The molecule has 5 aliphatic rings. The van der Waals surface area contributed by atoms with Gasteiger partial charge in [0.15, 0.2) is 0 Å². The van der Waals surface area contributed by atoms with Gasteiger partial charge in [0.1, 0.15) is 0 Å². The van der Waals surface area contributed by atoms with E-state index >= 15 is 0 Å². The van der Waals surface area contributed by atoms with Crippen molar-refractivity contribution < 1.29 is 28.7 Å². The van der Waals surface area contributed by atoms with Crippen LogP contribution in [0.3, 0.4) is 0 Å². The van der Waals surface area contributed by atoms with Crippen LogP contribution >= 0.6 is 0 Å². The molecule has 5 atom stereocenters. The lowest BCUT2D eigenvalue weighted by molar-refractivity contribution is -0.155. The van der Waals surface area contributed by atoms with Crippen LogP contribution in [-0.4, -0.2) is 23.9 Å². The molecule has 0 radical (unpaired) electrons. The van der Waals surface area contributed by atoms with E-state index in [1.165, 1.54) is 0 Å². The normalized spacial score (nSPS) is 40.6. The molecule has 2 fully saturated rings. The maximum atomic E-state index is 11.4. The Morgan fingerprint density at radius 1 is 1.08 bits per heavy atom. The Bertz CT molecular complexity index is 760. The largest absolute Gasteiger partial charge is 0.393 e. The fourth-order valence-electron chi connectivity index (χ4n) is 4.98. The Hall–Kier alpha value is -2.24. The number of carbonyl (C=O) groups excluding carboxylic acids is 4. The topological polar surface area (TPSA) is 86.7 Å². The van der Waals surface area contributed by atoms with Gasteiger partial charge in [0.05, 0.1) is 17.4 Å². The highest BCUT2D eigenvalue weighted by Gasteiger charge is 2.63. The molecule has 3 aliphatic carbocycles. The molecular formula is C19H20O6. The standard InChI is InChI=1S/C10H10O3.C9H10O3/c1-10-3-2-5(4-10)6-7(10)9(12)13-8(6)11;1-5-3-2-4-6-7(5)9(11)12-8(6)10/h2-3,5-7H,4H2,1H3;5H,2-4H2,1H3. The Kier molecular flexibility index (Phi) is 3.49. The zero-order valence-corrected chi connectivity index (χ0v) is 14.2. The number of allylic oxidation sites excluding steroid dienone is 2. The minimum atomic E-state index is -0.415. The van der Waals surface area contributed by atoms with Crippen LogP contribution in [0.1, 0.15) is 39.5 Å². The van der Waals surface area contributed by atoms with Crippen molar-refractivity contribution in [2.45, 2.75) is 39.5 Å². The van der Waals surface area contributed by atoms with Gasteiger partial charge in [-0.3, -0.25) is 9.59 Å². The number of rotatable bonds is 0. The van der Waals surface area contributed by atoms with Crippen molar-refractivity contribution in [1.29, 1.82) is 0 Å². The molecular weight excluding hydrogens is 324 g/mol. The molecule has 0 N–H and O–H groups in total. The lowest BCUT2D eigenvalue weighted by Gasteiger charge is -2.23. The number of hydrogen-bond donors (Lipinski definition) is 0. The predicted octanol–water partition coefficient (Wildman–Crippen LogP) is 2.08. The summed E-state index contributed by atoms with van der Waals surface area (Å²) in [5.74, 6) is -1.39. The first-order valence-corrected chi connectivity index (χ1v) is 8.76. The van der Waals surface area contributed by atoms with Crippen LogP contribution in [0, 0.1) is 29.1 Å². The van der Waals surface area contributed by atoms with Gasteiger partial charge in [0.25, 0.3) is 0 Å². The van der Waals surface area contributed by atoms with Gasteiger partial charge in [0.2, 0.25) is 0 Å². The summed E-state index contributed by atoms with van der Waals surface area (Å²) in [6, 6.07) is 0. The lowest BCUT2D eigenvalue weighted by atomic mass is 9.76. The van der Waals surface area contributed by atoms with E-state index in [0.717, 1.165) is 19.3 Å². The molecule has 25 heavy (non-hydrogen) atoms. The van der Waals surface area contributed by atoms with Crippen LogP contribution in [0.25, 0.3) is 0 Å². The maximum absolute atomic E-state index is 11.4. The molecule has 0 aromatic carbocycles. The van der Waals surface area contributed by atoms with Gasteiger partial charge in [-0.15, -0.1) is 0 Å². The van der Waals surface area contributed by atoms with E-state index in [4.69, 9.17) is 0 Å². The highest BCUT2D eigenvalue weighted by Crippen LogP contribution is 2.59. The van der Waals surface area contributed by atoms with Gasteiger partial charge in [-0.1, -0.05) is 26.0 Å². The van der Waals surface area contributed by atoms with Crippen LogP contribution in [0.2, 0.25) is 0 Å². The minimum absolute atomic E-state index is 0.113. The molecule has 2 aliphatic heterocycles. The van der Waals surface area contributed by atoms with E-state index in [0.29, 0.717) is 17.6 Å². The van der Waals surface area contributed by atoms with Crippen molar-refractivity contribution in [3.05, 3.63) is 23.3 Å². The van der Waals surface area contributed by atoms with Crippen molar-refractivity contribution in [3.8, 4) is 0 Å². The third kappa shape index (κ3) is 2.30. The number of esters is 4. The summed E-state index contributed by atoms with van der Waals surface area (Å²) < 4.78 is 9.18. The van der Waals surface area contributed by atoms with Gasteiger partial charge in [-0.05, 0) is 37.5 Å². The second kappa shape index (κ2) is 5.38. The first-order valence-electron chi connectivity index (χ1n) is 8.76. The zero-order chi connectivity index (χ0) is 17.9. The average Bonchev–Trinajstić information content (AvgIpc) is 3.23. The molecule has 132 valence electrons. The van der Waals surface area contributed by atoms with Crippen LogP contribution in [0.4, 0.5) is 0 Å². The quantitative estimate of drug-likeness (QED) is 0.380. The number of cyclic esters (lactones) is 4. The van der Waals surface area contributed by atoms with Crippen LogP contribution in [0.5, 0.6) is 0 Å². The zero-order valence-electron chi connectivity index (χ0n) is 14.2. The van der Waals surface area contributed by atoms with Gasteiger partial charge in [-0.2, -0.15) is 0 Å². The van der Waals surface area contributed by atoms with Gasteiger partial charge < -0.3 is 9.47 Å². The second-order valence-corrected chi connectivity index (χ2v) is 7.84. The van der Waals surface area contributed by atoms with Gasteiger partial charge >= 0.3 is 23.9 Å². The molecule has 1 saturated carbocycles. The minimum Gasteiger partial charge on any atom is -0.393 e. The monoisotopic (exact) mass is 344 g/mol. The number of carbonyl (C=O) groups is 4. The van der Waals surface area contributed by atoms with Crippen molar-refractivity contribution in [2.75, 3.05) is 0 Å². The molecule has 0 aromatic rings. The molecule has 2 heterocycles. The van der Waals surface area contributed by atoms with E-state index in [9.17, 15) is 19.2 Å². The molecule has 6 heteroatoms. The SMILES string of the molecule is CC12C=CC(C1)C1C(=O)OC(=O)C12.CC1CCCC2=C1C(=O)OC2=O. The third-order valence-corrected chi connectivity index (χ3v) is 6.19. The van der Waals surface area contributed by atoms with E-state index < -0.39 is 11.9 Å². The summed E-state index contributed by atoms with van der Waals surface area (Å²) in [6.45, 7) is 4.00. The lowest BCUT2D eigenvalue weighted by Crippen LogP contribution is -2.28. The van der Waals surface area contributed by atoms with Crippen molar-refractivity contribution in [3.63, 3.8) is 0 Å². The highest BCUT2D eigenvalue weighted by molar-refractivity contribution is 6.12. The molecule has 2 bridgehead atoms. The Labute approximate surface area is 145 Å². The van der Waals surface area contributed by atoms with Crippen molar-refractivity contribution in [1.82, 2.24) is 0 Å². The number of ether oxygens (including phenoxy) is 2. The summed E-state index contributed by atoms with van der Waals surface area (Å²) in [6.07, 6.45) is 7.75. The Morgan fingerprint density at radius 2 is 1.84 bits per heavy atom. The molecule has 5 rings (SSSR count). The Balaban J connectivity index is 0.000000126.